The normalized spacial score (nSPS) is 26.8. The molecule has 0 saturated carbocycles. The first-order valence-electron chi connectivity index (χ1n) is 3.83. The summed E-state index contributed by atoms with van der Waals surface area (Å²) in [6, 6.07) is 6.04. The van der Waals surface area contributed by atoms with Gasteiger partial charge in [0.05, 0.1) is 0 Å². The molecule has 1 aromatic carbocycles. The number of benzene rings is 1. The molecule has 2 rings (SSSR count). The van der Waals surface area contributed by atoms with E-state index in [1.807, 2.05) is 6.92 Å². The van der Waals surface area contributed by atoms with Crippen LogP contribution >= 0.6 is 0 Å². The molecular weight excluding hydrogens is 159 g/mol. The standard InChI is InChI=1S/C9H9FO2/c1-6-9(11-6)12-8-4-2-3-7(10)5-8/h2-6,9H,1H3/t6-,9?/m1/s1. The lowest BCUT2D eigenvalue weighted by molar-refractivity contribution is 0.178. The first-order valence-corrected chi connectivity index (χ1v) is 3.83. The Labute approximate surface area is 69.9 Å². The van der Waals surface area contributed by atoms with Gasteiger partial charge in [0.1, 0.15) is 17.7 Å². The molecule has 0 radical (unpaired) electrons. The quantitative estimate of drug-likeness (QED) is 0.629. The molecule has 1 unspecified atom stereocenters. The number of hydrogen-bond acceptors (Lipinski definition) is 2. The molecule has 0 amide bonds. The minimum absolute atomic E-state index is 0.133. The van der Waals surface area contributed by atoms with Crippen molar-refractivity contribution in [2.45, 2.75) is 19.3 Å². The predicted molar refractivity (Wildman–Crippen MR) is 41.4 cm³/mol. The molecular formula is C9H9FO2. The smallest absolute Gasteiger partial charge is 0.226 e. The van der Waals surface area contributed by atoms with E-state index in [1.54, 1.807) is 12.1 Å². The highest BCUT2D eigenvalue weighted by molar-refractivity contribution is 5.22. The maximum atomic E-state index is 12.6. The van der Waals surface area contributed by atoms with Crippen LogP contribution in [0.15, 0.2) is 24.3 Å². The van der Waals surface area contributed by atoms with Crippen molar-refractivity contribution in [3.63, 3.8) is 0 Å². The van der Waals surface area contributed by atoms with Crippen molar-refractivity contribution in [3.05, 3.63) is 30.1 Å². The monoisotopic (exact) mass is 168 g/mol. The van der Waals surface area contributed by atoms with Crippen molar-refractivity contribution in [1.82, 2.24) is 0 Å². The van der Waals surface area contributed by atoms with Gasteiger partial charge in [-0.3, -0.25) is 0 Å². The van der Waals surface area contributed by atoms with Crippen LogP contribution in [-0.4, -0.2) is 12.4 Å². The summed E-state index contributed by atoms with van der Waals surface area (Å²) in [5.74, 6) is 0.227. The third kappa shape index (κ3) is 1.56. The summed E-state index contributed by atoms with van der Waals surface area (Å²) in [6.07, 6.45) is -0.0555. The van der Waals surface area contributed by atoms with Gasteiger partial charge < -0.3 is 9.47 Å². The van der Waals surface area contributed by atoms with E-state index in [4.69, 9.17) is 9.47 Å². The van der Waals surface area contributed by atoms with Gasteiger partial charge in [-0.2, -0.15) is 0 Å². The van der Waals surface area contributed by atoms with E-state index in [0.29, 0.717) is 5.75 Å². The summed E-state index contributed by atoms with van der Waals surface area (Å²) in [7, 11) is 0. The van der Waals surface area contributed by atoms with Crippen LogP contribution in [0.1, 0.15) is 6.92 Å². The summed E-state index contributed by atoms with van der Waals surface area (Å²) in [4.78, 5) is 0. The number of hydrogen-bond donors (Lipinski definition) is 0. The van der Waals surface area contributed by atoms with Gasteiger partial charge in [-0.05, 0) is 19.1 Å². The van der Waals surface area contributed by atoms with E-state index in [9.17, 15) is 4.39 Å². The molecule has 1 fully saturated rings. The van der Waals surface area contributed by atoms with Crippen LogP contribution in [-0.2, 0) is 4.74 Å². The highest BCUT2D eigenvalue weighted by Gasteiger charge is 2.36. The summed E-state index contributed by atoms with van der Waals surface area (Å²) < 4.78 is 22.9. The van der Waals surface area contributed by atoms with Crippen molar-refractivity contribution in [1.29, 1.82) is 0 Å². The lowest BCUT2D eigenvalue weighted by atomic mass is 10.3. The molecule has 2 atom stereocenters. The van der Waals surface area contributed by atoms with Crippen molar-refractivity contribution < 1.29 is 13.9 Å². The molecule has 12 heavy (non-hydrogen) atoms. The van der Waals surface area contributed by atoms with E-state index in [2.05, 4.69) is 0 Å². The molecule has 1 heterocycles. The fraction of sp³-hybridized carbons (Fsp3) is 0.333. The first kappa shape index (κ1) is 7.55. The fourth-order valence-corrected chi connectivity index (χ4v) is 0.964. The lowest BCUT2D eigenvalue weighted by Gasteiger charge is -2.00. The van der Waals surface area contributed by atoms with Crippen LogP contribution in [0.5, 0.6) is 5.75 Å². The highest BCUT2D eigenvalue weighted by Crippen LogP contribution is 2.25. The van der Waals surface area contributed by atoms with Gasteiger partial charge in [-0.1, -0.05) is 6.07 Å². The van der Waals surface area contributed by atoms with Crippen LogP contribution in [0.25, 0.3) is 0 Å². The number of rotatable bonds is 2. The molecule has 2 nitrogen and oxygen atoms in total. The maximum absolute atomic E-state index is 12.6. The Bertz CT molecular complexity index is 288. The largest absolute Gasteiger partial charge is 0.462 e. The Morgan fingerprint density at radius 1 is 1.50 bits per heavy atom. The van der Waals surface area contributed by atoms with Crippen LogP contribution < -0.4 is 4.74 Å². The Balaban J connectivity index is 2.03. The second kappa shape index (κ2) is 2.75. The molecule has 0 bridgehead atoms. The van der Waals surface area contributed by atoms with Crippen LogP contribution in [0, 0.1) is 5.82 Å². The van der Waals surface area contributed by atoms with Gasteiger partial charge in [0, 0.05) is 6.07 Å². The summed E-state index contributed by atoms with van der Waals surface area (Å²) in [5.41, 5.74) is 0. The summed E-state index contributed by atoms with van der Waals surface area (Å²) in [5, 5.41) is 0. The first-order chi connectivity index (χ1) is 5.75. The summed E-state index contributed by atoms with van der Waals surface area (Å²) in [6.45, 7) is 1.91. The van der Waals surface area contributed by atoms with E-state index in [-0.39, 0.29) is 18.2 Å². The molecule has 1 aromatic rings. The Hall–Kier alpha value is -1.09. The third-order valence-electron chi connectivity index (χ3n) is 1.70. The lowest BCUT2D eigenvalue weighted by Crippen LogP contribution is -2.00. The molecule has 0 aromatic heterocycles. The van der Waals surface area contributed by atoms with Crippen molar-refractivity contribution in [2.75, 3.05) is 0 Å². The Morgan fingerprint density at radius 3 is 2.83 bits per heavy atom. The molecule has 0 N–H and O–H groups in total. The highest BCUT2D eigenvalue weighted by atomic mass is 19.1. The second-order valence-corrected chi connectivity index (χ2v) is 2.78. The molecule has 1 saturated heterocycles. The van der Waals surface area contributed by atoms with Gasteiger partial charge >= 0.3 is 0 Å². The SMILES string of the molecule is C[C@H]1OC1Oc1cccc(F)c1. The van der Waals surface area contributed by atoms with Gasteiger partial charge in [0.25, 0.3) is 0 Å². The maximum Gasteiger partial charge on any atom is 0.226 e. The second-order valence-electron chi connectivity index (χ2n) is 2.78. The molecule has 0 aliphatic carbocycles. The van der Waals surface area contributed by atoms with Gasteiger partial charge in [0.15, 0.2) is 0 Å². The topological polar surface area (TPSA) is 21.8 Å². The average molecular weight is 168 g/mol. The Kier molecular flexibility index (Phi) is 1.73. The molecule has 0 spiro atoms. The van der Waals surface area contributed by atoms with Crippen LogP contribution in [0.3, 0.4) is 0 Å². The van der Waals surface area contributed by atoms with Gasteiger partial charge in [-0.15, -0.1) is 0 Å². The fourth-order valence-electron chi connectivity index (χ4n) is 0.964. The number of epoxide rings is 1. The molecule has 3 heteroatoms. The van der Waals surface area contributed by atoms with E-state index < -0.39 is 0 Å². The zero-order chi connectivity index (χ0) is 8.55. The Morgan fingerprint density at radius 2 is 2.25 bits per heavy atom. The predicted octanol–water partition coefficient (Wildman–Crippen LogP) is 1.95. The van der Waals surface area contributed by atoms with Crippen molar-refractivity contribution in [3.8, 4) is 5.75 Å². The van der Waals surface area contributed by atoms with E-state index in [1.165, 1.54) is 12.1 Å². The molecule has 1 aliphatic rings. The third-order valence-corrected chi connectivity index (χ3v) is 1.70. The minimum Gasteiger partial charge on any atom is -0.462 e. The zero-order valence-corrected chi connectivity index (χ0v) is 6.66. The van der Waals surface area contributed by atoms with E-state index >= 15 is 0 Å². The molecule has 64 valence electrons. The van der Waals surface area contributed by atoms with Crippen LogP contribution in [0.2, 0.25) is 0 Å². The molecule has 1 aliphatic heterocycles. The van der Waals surface area contributed by atoms with Crippen LogP contribution in [0.4, 0.5) is 4.39 Å². The van der Waals surface area contributed by atoms with Gasteiger partial charge in [-0.25, -0.2) is 4.39 Å². The zero-order valence-electron chi connectivity index (χ0n) is 6.66. The van der Waals surface area contributed by atoms with E-state index in [0.717, 1.165) is 0 Å². The number of halogens is 1. The number of ether oxygens (including phenoxy) is 2. The average Bonchev–Trinajstić information content (AvgIpc) is 2.66. The minimum atomic E-state index is -0.291. The summed E-state index contributed by atoms with van der Waals surface area (Å²) >= 11 is 0. The van der Waals surface area contributed by atoms with Gasteiger partial charge in [0.2, 0.25) is 6.29 Å². The van der Waals surface area contributed by atoms with Crippen molar-refractivity contribution in [2.24, 2.45) is 0 Å². The van der Waals surface area contributed by atoms with Crippen molar-refractivity contribution >= 4 is 0 Å².